The molecule has 2 rings (SSSR count). The van der Waals surface area contributed by atoms with E-state index in [1.54, 1.807) is 12.3 Å². The van der Waals surface area contributed by atoms with Crippen molar-refractivity contribution in [2.24, 2.45) is 10.9 Å². The minimum absolute atomic E-state index is 0.0851. The largest absolute Gasteiger partial charge is 0.338 e. The van der Waals surface area contributed by atoms with Crippen LogP contribution < -0.4 is 4.90 Å². The molecule has 0 aromatic carbocycles. The number of aliphatic imine (C=N–C) groups is 1. The standard InChI is InChI=1S/C17H24N4O/c1-5-18-14(3)20(4)16-11-15(8-9-19-16)17(22)21-10-6-7-13(2)12-21/h5,8-9,11,13H,1,6-7,10,12H2,2-4H3/b18-14-/t13-/m0/s1. The normalized spacial score (nSPS) is 19.0. The molecule has 0 saturated carbocycles. The van der Waals surface area contributed by atoms with Crippen LogP contribution in [0.25, 0.3) is 0 Å². The molecule has 1 saturated heterocycles. The van der Waals surface area contributed by atoms with Crippen molar-refractivity contribution >= 4 is 17.6 Å². The summed E-state index contributed by atoms with van der Waals surface area (Å²) in [7, 11) is 1.88. The average Bonchev–Trinajstić information content (AvgIpc) is 2.53. The molecule has 2 heterocycles. The minimum Gasteiger partial charge on any atom is -0.338 e. The van der Waals surface area contributed by atoms with Crippen LogP contribution in [0.5, 0.6) is 0 Å². The molecule has 0 radical (unpaired) electrons. The second-order valence-electron chi connectivity index (χ2n) is 5.82. The fraction of sp³-hybridized carbons (Fsp3) is 0.471. The van der Waals surface area contributed by atoms with Gasteiger partial charge in [0, 0.05) is 38.1 Å². The molecule has 22 heavy (non-hydrogen) atoms. The van der Waals surface area contributed by atoms with E-state index in [0.29, 0.717) is 17.3 Å². The van der Waals surface area contributed by atoms with Crippen molar-refractivity contribution < 1.29 is 4.79 Å². The molecule has 1 aliphatic heterocycles. The molecule has 1 atom stereocenters. The van der Waals surface area contributed by atoms with Gasteiger partial charge in [-0.15, -0.1) is 0 Å². The van der Waals surface area contributed by atoms with Crippen LogP contribution in [0, 0.1) is 5.92 Å². The fourth-order valence-electron chi connectivity index (χ4n) is 2.68. The van der Waals surface area contributed by atoms with E-state index in [1.165, 1.54) is 12.6 Å². The number of pyridine rings is 1. The molecule has 1 amide bonds. The van der Waals surface area contributed by atoms with E-state index < -0.39 is 0 Å². The zero-order valence-corrected chi connectivity index (χ0v) is 13.6. The van der Waals surface area contributed by atoms with Crippen LogP contribution >= 0.6 is 0 Å². The van der Waals surface area contributed by atoms with Crippen LogP contribution in [0.1, 0.15) is 37.0 Å². The highest BCUT2D eigenvalue weighted by molar-refractivity contribution is 5.98. The van der Waals surface area contributed by atoms with E-state index in [2.05, 4.69) is 23.5 Å². The zero-order chi connectivity index (χ0) is 16.1. The van der Waals surface area contributed by atoms with Gasteiger partial charge in [0.25, 0.3) is 5.91 Å². The zero-order valence-electron chi connectivity index (χ0n) is 13.6. The number of anilines is 1. The summed E-state index contributed by atoms with van der Waals surface area (Å²) in [5.41, 5.74) is 0.678. The quantitative estimate of drug-likeness (QED) is 0.637. The average molecular weight is 300 g/mol. The molecular weight excluding hydrogens is 276 g/mol. The first-order valence-corrected chi connectivity index (χ1v) is 7.67. The Morgan fingerprint density at radius 1 is 1.59 bits per heavy atom. The number of amidine groups is 1. The lowest BCUT2D eigenvalue weighted by molar-refractivity contribution is 0.0683. The van der Waals surface area contributed by atoms with Crippen LogP contribution in [-0.2, 0) is 0 Å². The van der Waals surface area contributed by atoms with E-state index in [-0.39, 0.29) is 5.91 Å². The predicted octanol–water partition coefficient (Wildman–Crippen LogP) is 2.95. The first-order chi connectivity index (χ1) is 10.5. The van der Waals surface area contributed by atoms with Crippen molar-refractivity contribution in [2.45, 2.75) is 26.7 Å². The van der Waals surface area contributed by atoms with Crippen molar-refractivity contribution in [3.63, 3.8) is 0 Å². The molecule has 118 valence electrons. The molecule has 1 fully saturated rings. The Balaban J connectivity index is 2.19. The van der Waals surface area contributed by atoms with Gasteiger partial charge in [-0.25, -0.2) is 9.98 Å². The maximum absolute atomic E-state index is 12.6. The summed E-state index contributed by atoms with van der Waals surface area (Å²) in [4.78, 5) is 24.9. The summed E-state index contributed by atoms with van der Waals surface area (Å²) in [5, 5.41) is 0. The molecule has 1 aromatic rings. The molecule has 0 spiro atoms. The highest BCUT2D eigenvalue weighted by atomic mass is 16.2. The van der Waals surface area contributed by atoms with E-state index >= 15 is 0 Å². The summed E-state index contributed by atoms with van der Waals surface area (Å²) in [5.74, 6) is 2.14. The molecular formula is C17H24N4O. The molecule has 5 heteroatoms. The van der Waals surface area contributed by atoms with Crippen LogP contribution in [0.3, 0.4) is 0 Å². The predicted molar refractivity (Wildman–Crippen MR) is 90.2 cm³/mol. The number of amides is 1. The topological polar surface area (TPSA) is 48.8 Å². The van der Waals surface area contributed by atoms with Gasteiger partial charge in [-0.2, -0.15) is 0 Å². The number of likely N-dealkylation sites (tertiary alicyclic amines) is 1. The Labute approximate surface area is 132 Å². The van der Waals surface area contributed by atoms with Crippen LogP contribution in [0.2, 0.25) is 0 Å². The maximum Gasteiger partial charge on any atom is 0.254 e. The molecule has 1 aliphatic rings. The lowest BCUT2D eigenvalue weighted by Crippen LogP contribution is -2.39. The van der Waals surface area contributed by atoms with E-state index in [1.807, 2.05) is 29.8 Å². The van der Waals surface area contributed by atoms with Gasteiger partial charge < -0.3 is 9.80 Å². The van der Waals surface area contributed by atoms with E-state index in [0.717, 1.165) is 25.3 Å². The Kier molecular flexibility index (Phi) is 5.31. The van der Waals surface area contributed by atoms with Crippen LogP contribution in [-0.4, -0.2) is 41.8 Å². The molecule has 0 N–H and O–H groups in total. The van der Waals surface area contributed by atoms with Crippen molar-refractivity contribution in [2.75, 3.05) is 25.0 Å². The highest BCUT2D eigenvalue weighted by Gasteiger charge is 2.22. The smallest absolute Gasteiger partial charge is 0.254 e. The highest BCUT2D eigenvalue weighted by Crippen LogP contribution is 2.19. The summed E-state index contributed by atoms with van der Waals surface area (Å²) in [6, 6.07) is 3.60. The third-order valence-corrected chi connectivity index (χ3v) is 4.04. The van der Waals surface area contributed by atoms with Crippen molar-refractivity contribution in [3.05, 3.63) is 36.7 Å². The third kappa shape index (κ3) is 3.72. The number of rotatable bonds is 3. The fourth-order valence-corrected chi connectivity index (χ4v) is 2.68. The maximum atomic E-state index is 12.6. The Hall–Kier alpha value is -2.17. The monoisotopic (exact) mass is 300 g/mol. The second kappa shape index (κ2) is 7.20. The number of piperidine rings is 1. The van der Waals surface area contributed by atoms with Gasteiger partial charge in [-0.05, 0) is 37.8 Å². The number of carbonyl (C=O) groups excluding carboxylic acids is 1. The second-order valence-corrected chi connectivity index (χ2v) is 5.82. The molecule has 0 unspecified atom stereocenters. The van der Waals surface area contributed by atoms with Gasteiger partial charge in [-0.1, -0.05) is 13.5 Å². The van der Waals surface area contributed by atoms with Crippen LogP contribution in [0.4, 0.5) is 5.82 Å². The molecule has 0 aliphatic carbocycles. The van der Waals surface area contributed by atoms with Gasteiger partial charge >= 0.3 is 0 Å². The summed E-state index contributed by atoms with van der Waals surface area (Å²) >= 11 is 0. The lowest BCUT2D eigenvalue weighted by Gasteiger charge is -2.31. The third-order valence-electron chi connectivity index (χ3n) is 4.04. The molecule has 1 aromatic heterocycles. The number of hydrogen-bond donors (Lipinski definition) is 0. The Morgan fingerprint density at radius 3 is 3.05 bits per heavy atom. The first-order valence-electron chi connectivity index (χ1n) is 7.67. The summed E-state index contributed by atoms with van der Waals surface area (Å²) < 4.78 is 0. The summed E-state index contributed by atoms with van der Waals surface area (Å²) in [6.45, 7) is 9.35. The van der Waals surface area contributed by atoms with Crippen molar-refractivity contribution in [1.29, 1.82) is 0 Å². The van der Waals surface area contributed by atoms with Gasteiger partial charge in [0.05, 0.1) is 0 Å². The SMILES string of the molecule is C=C/N=C(/C)N(C)c1cc(C(=O)N2CCC[C@H](C)C2)ccn1. The minimum atomic E-state index is 0.0851. The van der Waals surface area contributed by atoms with Crippen molar-refractivity contribution in [3.8, 4) is 0 Å². The van der Waals surface area contributed by atoms with Crippen molar-refractivity contribution in [1.82, 2.24) is 9.88 Å². The molecule has 0 bridgehead atoms. The number of carbonyl (C=O) groups is 1. The first kappa shape index (κ1) is 16.2. The van der Waals surface area contributed by atoms with Gasteiger partial charge in [0.2, 0.25) is 0 Å². The van der Waals surface area contributed by atoms with E-state index in [4.69, 9.17) is 0 Å². The molecule has 5 nitrogen and oxygen atoms in total. The Bertz CT molecular complexity index is 582. The number of hydrogen-bond acceptors (Lipinski definition) is 3. The number of nitrogens with zero attached hydrogens (tertiary/aromatic N) is 4. The van der Waals surface area contributed by atoms with E-state index in [9.17, 15) is 4.79 Å². The Morgan fingerprint density at radius 2 is 2.36 bits per heavy atom. The summed E-state index contributed by atoms with van der Waals surface area (Å²) in [6.07, 6.45) is 5.45. The lowest BCUT2D eigenvalue weighted by atomic mass is 9.99. The van der Waals surface area contributed by atoms with Gasteiger partial charge in [0.1, 0.15) is 11.7 Å². The number of aromatic nitrogens is 1. The van der Waals surface area contributed by atoms with Crippen LogP contribution in [0.15, 0.2) is 36.1 Å². The van der Waals surface area contributed by atoms with Gasteiger partial charge in [-0.3, -0.25) is 4.79 Å². The van der Waals surface area contributed by atoms with Gasteiger partial charge in [0.15, 0.2) is 0 Å².